The first-order valence-electron chi connectivity index (χ1n) is 12.6. The van der Waals surface area contributed by atoms with Crippen molar-refractivity contribution in [3.63, 3.8) is 0 Å². The van der Waals surface area contributed by atoms with Crippen LogP contribution in [0.2, 0.25) is 0 Å². The number of fused-ring (bicyclic) bond motifs is 4. The molecule has 4 aliphatic heterocycles. The molecule has 38 heavy (non-hydrogen) atoms. The van der Waals surface area contributed by atoms with Gasteiger partial charge in [0.15, 0.2) is 24.7 Å². The second-order valence-corrected chi connectivity index (χ2v) is 12.4. The smallest absolute Gasteiger partial charge is 0.410 e. The second kappa shape index (κ2) is 9.93. The van der Waals surface area contributed by atoms with Crippen molar-refractivity contribution in [2.24, 2.45) is 0 Å². The molecule has 0 saturated carbocycles. The largest absolute Gasteiger partial charge is 0.444 e. The highest BCUT2D eigenvalue weighted by Crippen LogP contribution is 2.45. The van der Waals surface area contributed by atoms with Gasteiger partial charge in [-0.1, -0.05) is 0 Å². The molecule has 0 aromatic heterocycles. The van der Waals surface area contributed by atoms with Gasteiger partial charge in [-0.3, -0.25) is 9.80 Å². The van der Waals surface area contributed by atoms with Crippen LogP contribution in [0.15, 0.2) is 0 Å². The van der Waals surface area contributed by atoms with Crippen molar-refractivity contribution in [2.45, 2.75) is 139 Å². The van der Waals surface area contributed by atoms with E-state index in [1.54, 1.807) is 41.5 Å². The van der Waals surface area contributed by atoms with Crippen LogP contribution in [0, 0.1) is 0 Å². The average molecular weight is 559 g/mol. The zero-order valence-electron chi connectivity index (χ0n) is 22.3. The molecule has 0 spiro atoms. The van der Waals surface area contributed by atoms with Gasteiger partial charge in [0.1, 0.15) is 11.2 Å². The van der Waals surface area contributed by atoms with Crippen LogP contribution < -0.4 is 0 Å². The molecule has 220 valence electrons. The Morgan fingerprint density at radius 1 is 0.605 bits per heavy atom. The number of hydrogen-bond acceptors (Lipinski definition) is 8. The third-order valence-electron chi connectivity index (χ3n) is 7.13. The number of alkyl halides is 4. The fourth-order valence-electron chi connectivity index (χ4n) is 5.49. The third kappa shape index (κ3) is 5.54. The molecule has 8 atom stereocenters. The first-order valence-corrected chi connectivity index (χ1v) is 12.6. The number of amides is 2. The molecule has 0 aliphatic carbocycles. The number of carbonyl (C=O) groups excluding carboxylic acids is 2. The Labute approximate surface area is 218 Å². The Kier molecular flexibility index (Phi) is 8.01. The first kappa shape index (κ1) is 30.6. The summed E-state index contributed by atoms with van der Waals surface area (Å²) in [6, 6.07) is -4.22. The molecule has 4 saturated heterocycles. The van der Waals surface area contributed by atoms with E-state index >= 15 is 0 Å². The molecular formula is C24H38F4N2O8. The highest BCUT2D eigenvalue weighted by Gasteiger charge is 2.64. The Morgan fingerprint density at radius 2 is 0.816 bits per heavy atom. The van der Waals surface area contributed by atoms with E-state index in [1.807, 2.05) is 0 Å². The highest BCUT2D eigenvalue weighted by molar-refractivity contribution is 5.70. The minimum absolute atomic E-state index is 0.189. The monoisotopic (exact) mass is 558 g/mol. The van der Waals surface area contributed by atoms with E-state index in [2.05, 4.69) is 0 Å². The maximum Gasteiger partial charge on any atom is 0.410 e. The molecule has 0 aromatic rings. The maximum atomic E-state index is 14.0. The molecule has 2 amide bonds. The minimum Gasteiger partial charge on any atom is -0.444 e. The van der Waals surface area contributed by atoms with Gasteiger partial charge in [-0.15, -0.1) is 0 Å². The molecule has 4 aliphatic rings. The second-order valence-electron chi connectivity index (χ2n) is 12.4. The number of nitrogens with zero attached hydrogens (tertiary/aromatic N) is 2. The van der Waals surface area contributed by atoms with Crippen LogP contribution in [0.25, 0.3) is 0 Å². The van der Waals surface area contributed by atoms with Gasteiger partial charge >= 0.3 is 12.2 Å². The molecule has 4 N–H and O–H groups in total. The molecular weight excluding hydrogens is 520 g/mol. The number of halogens is 4. The summed E-state index contributed by atoms with van der Waals surface area (Å²) in [5, 5.41) is 37.8. The molecule has 0 aromatic carbocycles. The predicted molar refractivity (Wildman–Crippen MR) is 124 cm³/mol. The summed E-state index contributed by atoms with van der Waals surface area (Å²) >= 11 is 0. The van der Waals surface area contributed by atoms with Crippen LogP contribution in [-0.4, -0.2) is 114 Å². The molecule has 4 rings (SSSR count). The lowest BCUT2D eigenvalue weighted by Gasteiger charge is -2.45. The van der Waals surface area contributed by atoms with E-state index in [-0.39, 0.29) is 25.7 Å². The topological polar surface area (TPSA) is 140 Å². The van der Waals surface area contributed by atoms with Crippen LogP contribution in [0.3, 0.4) is 0 Å². The van der Waals surface area contributed by atoms with Crippen molar-refractivity contribution >= 4 is 12.2 Å². The first-order chi connectivity index (χ1) is 17.1. The SMILES string of the molecule is CC(C)(C)OC(=O)N1[C@@H]2CC[C@H]1C(F)C(O)(O)C2F.CC(C)(C)OC(=O)N1[C@@H]2CC[C@H]1C(F)C(O)(O)C2F. The summed E-state index contributed by atoms with van der Waals surface area (Å²) in [4.78, 5) is 25.9. The third-order valence-corrected chi connectivity index (χ3v) is 7.13. The van der Waals surface area contributed by atoms with E-state index in [0.717, 1.165) is 9.80 Å². The predicted octanol–water partition coefficient (Wildman–Crippen LogP) is 2.25. The molecule has 4 unspecified atom stereocenters. The zero-order valence-corrected chi connectivity index (χ0v) is 22.3. The van der Waals surface area contributed by atoms with Crippen molar-refractivity contribution in [1.29, 1.82) is 0 Å². The summed E-state index contributed by atoms with van der Waals surface area (Å²) < 4.78 is 66.1. The van der Waals surface area contributed by atoms with Crippen LogP contribution in [0.4, 0.5) is 27.2 Å². The van der Waals surface area contributed by atoms with Gasteiger partial charge in [-0.25, -0.2) is 27.2 Å². The van der Waals surface area contributed by atoms with Gasteiger partial charge in [-0.2, -0.15) is 0 Å². The summed E-state index contributed by atoms with van der Waals surface area (Å²) in [7, 11) is 0. The van der Waals surface area contributed by atoms with E-state index in [4.69, 9.17) is 9.47 Å². The highest BCUT2D eigenvalue weighted by atomic mass is 19.2. The van der Waals surface area contributed by atoms with E-state index in [1.165, 1.54) is 0 Å². The van der Waals surface area contributed by atoms with Gasteiger partial charge in [-0.05, 0) is 67.2 Å². The number of carbonyl (C=O) groups is 2. The Balaban J connectivity index is 0.000000211. The number of piperidine rings is 2. The minimum atomic E-state index is -3.04. The summed E-state index contributed by atoms with van der Waals surface area (Å²) in [5.41, 5.74) is -1.55. The zero-order chi connectivity index (χ0) is 29.2. The Morgan fingerprint density at radius 3 is 1.00 bits per heavy atom. The number of rotatable bonds is 0. The van der Waals surface area contributed by atoms with E-state index in [9.17, 15) is 47.6 Å². The van der Waals surface area contributed by atoms with Crippen LogP contribution >= 0.6 is 0 Å². The Bertz CT molecular complexity index is 797. The van der Waals surface area contributed by atoms with Crippen molar-refractivity contribution in [3.8, 4) is 0 Å². The van der Waals surface area contributed by atoms with Gasteiger partial charge in [0, 0.05) is 0 Å². The van der Waals surface area contributed by atoms with E-state index < -0.39 is 83.8 Å². The molecule has 4 heterocycles. The summed E-state index contributed by atoms with van der Waals surface area (Å²) in [6.07, 6.45) is -9.85. The fraction of sp³-hybridized carbons (Fsp3) is 0.917. The molecule has 4 bridgehead atoms. The van der Waals surface area contributed by atoms with Gasteiger partial charge in [0.25, 0.3) is 0 Å². The van der Waals surface area contributed by atoms with Gasteiger partial charge < -0.3 is 29.9 Å². The van der Waals surface area contributed by atoms with Crippen LogP contribution in [0.1, 0.15) is 67.2 Å². The van der Waals surface area contributed by atoms with Gasteiger partial charge in [0.2, 0.25) is 11.6 Å². The van der Waals surface area contributed by atoms with Gasteiger partial charge in [0.05, 0.1) is 24.2 Å². The van der Waals surface area contributed by atoms with Crippen molar-refractivity contribution in [1.82, 2.24) is 9.80 Å². The normalized spacial score (nSPS) is 37.3. The van der Waals surface area contributed by atoms with Crippen molar-refractivity contribution in [3.05, 3.63) is 0 Å². The lowest BCUT2D eigenvalue weighted by atomic mass is 9.93. The number of ether oxygens (including phenoxy) is 2. The average Bonchev–Trinajstić information content (AvgIpc) is 3.35. The van der Waals surface area contributed by atoms with Crippen LogP contribution in [0.5, 0.6) is 0 Å². The number of hydrogen-bond donors (Lipinski definition) is 4. The molecule has 0 radical (unpaired) electrons. The van der Waals surface area contributed by atoms with Crippen molar-refractivity contribution < 1.29 is 57.1 Å². The number of aliphatic hydroxyl groups is 4. The van der Waals surface area contributed by atoms with Crippen molar-refractivity contribution in [2.75, 3.05) is 0 Å². The lowest BCUT2D eigenvalue weighted by Crippen LogP contribution is -2.67. The van der Waals surface area contributed by atoms with E-state index in [0.29, 0.717) is 0 Å². The lowest BCUT2D eigenvalue weighted by molar-refractivity contribution is -0.276. The quantitative estimate of drug-likeness (QED) is 0.262. The summed E-state index contributed by atoms with van der Waals surface area (Å²) in [5.74, 6) is -6.07. The molecule has 14 heteroatoms. The van der Waals surface area contributed by atoms with Crippen LogP contribution in [-0.2, 0) is 9.47 Å². The standard InChI is InChI=1S/2C12H19F2NO4/c2*1-11(2,3)19-10(16)15-6-4-5-7(15)9(14)12(17,18)8(6)13/h2*6-9,17-18H,4-5H2,1-3H3/t2*6-,7+,8?,9?. The molecule has 4 fully saturated rings. The Hall–Kier alpha value is -1.90. The fourth-order valence-corrected chi connectivity index (χ4v) is 5.49. The molecule has 10 nitrogen and oxygen atoms in total. The maximum absolute atomic E-state index is 14.0. The summed E-state index contributed by atoms with van der Waals surface area (Å²) in [6.45, 7) is 9.91.